The summed E-state index contributed by atoms with van der Waals surface area (Å²) in [7, 11) is 0. The van der Waals surface area contributed by atoms with Gasteiger partial charge in [-0.2, -0.15) is 16.4 Å². The van der Waals surface area contributed by atoms with Gasteiger partial charge in [-0.1, -0.05) is 0 Å². The highest BCUT2D eigenvalue weighted by molar-refractivity contribution is 7.08. The van der Waals surface area contributed by atoms with Gasteiger partial charge in [0.2, 0.25) is 0 Å². The van der Waals surface area contributed by atoms with E-state index in [4.69, 9.17) is 0 Å². The minimum atomic E-state index is -0.420. The van der Waals surface area contributed by atoms with Crippen LogP contribution >= 0.6 is 11.3 Å². The quantitative estimate of drug-likeness (QED) is 0.408. The fraction of sp³-hybridized carbons (Fsp3) is 0.0455. The van der Waals surface area contributed by atoms with E-state index in [-0.39, 0.29) is 11.0 Å². The fourth-order valence-electron chi connectivity index (χ4n) is 3.74. The summed E-state index contributed by atoms with van der Waals surface area (Å²) in [4.78, 5) is 20.7. The second-order valence-corrected chi connectivity index (χ2v) is 7.91. The Balaban J connectivity index is 1.57. The second kappa shape index (κ2) is 6.78. The van der Waals surface area contributed by atoms with E-state index in [9.17, 15) is 0 Å². The minimum absolute atomic E-state index is 0.275. The number of fused-ring (bicyclic) bond motifs is 2. The number of aromatic nitrogens is 7. The lowest BCUT2D eigenvalue weighted by Gasteiger charge is -2.06. The number of H-pyrrole nitrogens is 2. The molecule has 6 aromatic rings. The highest BCUT2D eigenvalue weighted by Crippen LogP contribution is 2.34. The molecule has 0 atom stereocenters. The summed E-state index contributed by atoms with van der Waals surface area (Å²) in [6, 6.07) is 5.81. The number of rotatable bonds is 3. The topological polar surface area (TPSA) is 96.0 Å². The Morgan fingerprint density at radius 3 is 2.74 bits per heavy atom. The number of nitrogens with zero attached hydrogens (tertiary/aromatic N) is 5. The van der Waals surface area contributed by atoms with E-state index >= 15 is 4.39 Å². The summed E-state index contributed by atoms with van der Waals surface area (Å²) in [5.41, 5.74) is 6.07. The van der Waals surface area contributed by atoms with Gasteiger partial charge in [0, 0.05) is 41.5 Å². The van der Waals surface area contributed by atoms with Crippen molar-refractivity contribution in [3.05, 3.63) is 65.1 Å². The molecule has 0 bridgehead atoms. The van der Waals surface area contributed by atoms with E-state index in [1.165, 1.54) is 6.20 Å². The Kier molecular flexibility index (Phi) is 3.90. The largest absolute Gasteiger partial charge is 0.335 e. The van der Waals surface area contributed by atoms with Crippen LogP contribution in [0.1, 0.15) is 5.56 Å². The van der Waals surface area contributed by atoms with Gasteiger partial charge in [0.1, 0.15) is 11.5 Å². The van der Waals surface area contributed by atoms with Crippen LogP contribution in [0.2, 0.25) is 0 Å². The number of nitrogens with one attached hydrogen (secondary N) is 2. The Bertz CT molecular complexity index is 1570. The molecule has 0 amide bonds. The SMILES string of the molecule is Cc1ccncc1-c1cnc2n[nH]c(-c3nc4nccc(-c5ccsc5)c4[nH]3)c2c1F. The predicted molar refractivity (Wildman–Crippen MR) is 118 cm³/mol. The molecule has 9 heteroatoms. The van der Waals surface area contributed by atoms with Crippen LogP contribution in [0.4, 0.5) is 4.39 Å². The zero-order chi connectivity index (χ0) is 20.9. The maximum atomic E-state index is 15.7. The van der Waals surface area contributed by atoms with Crippen LogP contribution in [0.5, 0.6) is 0 Å². The van der Waals surface area contributed by atoms with Gasteiger partial charge in [-0.3, -0.25) is 10.1 Å². The van der Waals surface area contributed by atoms with Gasteiger partial charge in [-0.15, -0.1) is 0 Å². The molecule has 0 aliphatic carbocycles. The highest BCUT2D eigenvalue weighted by atomic mass is 32.1. The number of aromatic amines is 2. The summed E-state index contributed by atoms with van der Waals surface area (Å²) < 4.78 is 15.7. The first-order valence-corrected chi connectivity index (χ1v) is 10.5. The predicted octanol–water partition coefficient (Wildman–Crippen LogP) is 5.13. The molecule has 0 unspecified atom stereocenters. The normalized spacial score (nSPS) is 11.5. The summed E-state index contributed by atoms with van der Waals surface area (Å²) in [5, 5.41) is 11.4. The third kappa shape index (κ3) is 2.74. The lowest BCUT2D eigenvalue weighted by atomic mass is 10.0. The lowest BCUT2D eigenvalue weighted by Crippen LogP contribution is -1.93. The Labute approximate surface area is 179 Å². The molecule has 6 heterocycles. The average molecular weight is 427 g/mol. The molecule has 0 saturated heterocycles. The first-order chi connectivity index (χ1) is 15.2. The first kappa shape index (κ1) is 17.8. The van der Waals surface area contributed by atoms with Crippen molar-refractivity contribution in [1.29, 1.82) is 0 Å². The fourth-order valence-corrected chi connectivity index (χ4v) is 4.40. The monoisotopic (exact) mass is 427 g/mol. The molecule has 150 valence electrons. The van der Waals surface area contributed by atoms with Crippen molar-refractivity contribution in [2.75, 3.05) is 0 Å². The van der Waals surface area contributed by atoms with E-state index in [2.05, 4.69) is 40.5 Å². The van der Waals surface area contributed by atoms with Gasteiger partial charge >= 0.3 is 0 Å². The molecule has 7 nitrogen and oxygen atoms in total. The van der Waals surface area contributed by atoms with Crippen molar-refractivity contribution < 1.29 is 4.39 Å². The number of halogens is 1. The lowest BCUT2D eigenvalue weighted by molar-refractivity contribution is 0.642. The summed E-state index contributed by atoms with van der Waals surface area (Å²) >= 11 is 1.62. The van der Waals surface area contributed by atoms with Gasteiger partial charge in [-0.25, -0.2) is 19.3 Å². The van der Waals surface area contributed by atoms with Crippen molar-refractivity contribution in [2.24, 2.45) is 0 Å². The molecular weight excluding hydrogens is 413 g/mol. The Morgan fingerprint density at radius 1 is 0.968 bits per heavy atom. The maximum absolute atomic E-state index is 15.7. The van der Waals surface area contributed by atoms with Gasteiger partial charge in [0.25, 0.3) is 0 Å². The van der Waals surface area contributed by atoms with Crippen molar-refractivity contribution in [3.63, 3.8) is 0 Å². The van der Waals surface area contributed by atoms with Crippen LogP contribution in [0.3, 0.4) is 0 Å². The number of imidazole rings is 1. The molecule has 0 spiro atoms. The second-order valence-electron chi connectivity index (χ2n) is 7.13. The van der Waals surface area contributed by atoms with Gasteiger partial charge in [0.05, 0.1) is 10.9 Å². The minimum Gasteiger partial charge on any atom is -0.335 e. The number of hydrogen-bond acceptors (Lipinski definition) is 6. The van der Waals surface area contributed by atoms with Crippen molar-refractivity contribution >= 4 is 33.5 Å². The Morgan fingerprint density at radius 2 is 1.90 bits per heavy atom. The zero-order valence-electron chi connectivity index (χ0n) is 16.2. The van der Waals surface area contributed by atoms with Crippen LogP contribution in [0.15, 0.2) is 53.7 Å². The zero-order valence-corrected chi connectivity index (χ0v) is 17.0. The molecule has 0 saturated carbocycles. The third-order valence-electron chi connectivity index (χ3n) is 5.31. The highest BCUT2D eigenvalue weighted by Gasteiger charge is 2.21. The summed E-state index contributed by atoms with van der Waals surface area (Å²) in [6.07, 6.45) is 6.52. The molecule has 2 N–H and O–H groups in total. The number of thiophene rings is 1. The standard InChI is InChI=1S/C22H14FN7S/c1-11-2-5-24-8-14(11)15-9-26-20-16(17(15)23)19(29-30-20)22-27-18-13(12-4-7-31-10-12)3-6-25-21(18)28-22/h2-10H,1H3,(H,25,27,28)(H,26,29,30). The van der Waals surface area contributed by atoms with E-state index < -0.39 is 5.82 Å². The molecule has 6 aromatic heterocycles. The molecule has 31 heavy (non-hydrogen) atoms. The summed E-state index contributed by atoms with van der Waals surface area (Å²) in [6.45, 7) is 1.91. The van der Waals surface area contributed by atoms with Gasteiger partial charge in [0.15, 0.2) is 17.1 Å². The van der Waals surface area contributed by atoms with Crippen LogP contribution < -0.4 is 0 Å². The van der Waals surface area contributed by atoms with E-state index in [1.54, 1.807) is 29.9 Å². The maximum Gasteiger partial charge on any atom is 0.184 e. The van der Waals surface area contributed by atoms with Crippen LogP contribution in [0, 0.1) is 12.7 Å². The molecule has 0 aromatic carbocycles. The van der Waals surface area contributed by atoms with Crippen molar-refractivity contribution in [1.82, 2.24) is 35.1 Å². The van der Waals surface area contributed by atoms with Crippen LogP contribution in [-0.2, 0) is 0 Å². The van der Waals surface area contributed by atoms with E-state index in [0.717, 1.165) is 22.2 Å². The van der Waals surface area contributed by atoms with Crippen molar-refractivity contribution in [3.8, 4) is 33.8 Å². The smallest absolute Gasteiger partial charge is 0.184 e. The van der Waals surface area contributed by atoms with E-state index in [1.807, 2.05) is 30.5 Å². The molecule has 6 rings (SSSR count). The molecular formula is C22H14FN7S. The molecule has 0 radical (unpaired) electrons. The van der Waals surface area contributed by atoms with Gasteiger partial charge in [-0.05, 0) is 47.0 Å². The Hall–Kier alpha value is -3.98. The molecule has 0 aliphatic rings. The van der Waals surface area contributed by atoms with Gasteiger partial charge < -0.3 is 4.98 Å². The molecule has 0 fully saturated rings. The third-order valence-corrected chi connectivity index (χ3v) is 5.99. The van der Waals surface area contributed by atoms with Crippen LogP contribution in [0.25, 0.3) is 56.0 Å². The molecule has 0 aliphatic heterocycles. The van der Waals surface area contributed by atoms with Crippen LogP contribution in [-0.4, -0.2) is 35.1 Å². The van der Waals surface area contributed by atoms with E-state index in [0.29, 0.717) is 28.3 Å². The number of pyridine rings is 3. The number of aryl methyl sites for hydroxylation is 1. The average Bonchev–Trinajstić information content (AvgIpc) is 3.53. The summed E-state index contributed by atoms with van der Waals surface area (Å²) in [5.74, 6) is 0.0322. The number of hydrogen-bond donors (Lipinski definition) is 2. The van der Waals surface area contributed by atoms with Crippen molar-refractivity contribution in [2.45, 2.75) is 6.92 Å². The first-order valence-electron chi connectivity index (χ1n) is 9.52.